The predicted molar refractivity (Wildman–Crippen MR) is 125 cm³/mol. The maximum atomic E-state index is 14.4. The Morgan fingerprint density at radius 3 is 2.57 bits per heavy atom. The van der Waals surface area contributed by atoms with Gasteiger partial charge in [0.05, 0.1) is 0 Å². The van der Waals surface area contributed by atoms with E-state index in [1.807, 2.05) is 19.9 Å². The lowest BCUT2D eigenvalue weighted by Gasteiger charge is -2.35. The van der Waals surface area contributed by atoms with Crippen LogP contribution in [0.5, 0.6) is 0 Å². The highest BCUT2D eigenvalue weighted by Gasteiger charge is 2.23. The number of benzene rings is 1. The molecule has 2 aromatic heterocycles. The van der Waals surface area contributed by atoms with Gasteiger partial charge in [0.15, 0.2) is 5.82 Å². The molecule has 1 aliphatic rings. The Kier molecular flexibility index (Phi) is 9.40. The topological polar surface area (TPSA) is 53.9 Å². The average molecular weight is 432 g/mol. The van der Waals surface area contributed by atoms with Crippen LogP contribution in [0.2, 0.25) is 5.02 Å². The van der Waals surface area contributed by atoms with Gasteiger partial charge in [-0.25, -0.2) is 4.39 Å². The fourth-order valence-electron chi connectivity index (χ4n) is 3.23. The summed E-state index contributed by atoms with van der Waals surface area (Å²) < 4.78 is 14.4. The molecule has 0 bridgehead atoms. The zero-order chi connectivity index (χ0) is 22.1. The number of piperazine rings is 1. The van der Waals surface area contributed by atoms with Crippen LogP contribution in [0.4, 0.5) is 10.2 Å². The fraction of sp³-hybridized carbons (Fsp3) is 0.435. The predicted octanol–water partition coefficient (Wildman–Crippen LogP) is 5.72. The Morgan fingerprint density at radius 1 is 1.17 bits per heavy atom. The summed E-state index contributed by atoms with van der Waals surface area (Å²) in [6.07, 6.45) is 4.71. The van der Waals surface area contributed by atoms with Gasteiger partial charge in [-0.2, -0.15) is 0 Å². The Labute approximate surface area is 183 Å². The first-order chi connectivity index (χ1) is 14.6. The molecule has 1 saturated heterocycles. The molecule has 3 heterocycles. The minimum Gasteiger partial charge on any atom is -0.349 e. The van der Waals surface area contributed by atoms with E-state index in [0.29, 0.717) is 22.3 Å². The summed E-state index contributed by atoms with van der Waals surface area (Å²) in [7, 11) is 0. The van der Waals surface area contributed by atoms with Crippen LogP contribution in [0, 0.1) is 5.82 Å². The molecule has 4 rings (SSSR count). The van der Waals surface area contributed by atoms with Gasteiger partial charge in [-0.1, -0.05) is 45.7 Å². The molecule has 1 N–H and O–H groups in total. The molecule has 0 spiro atoms. The maximum absolute atomic E-state index is 14.4. The molecular weight excluding hydrogens is 401 g/mol. The second kappa shape index (κ2) is 11.8. The van der Waals surface area contributed by atoms with Crippen molar-refractivity contribution in [3.8, 4) is 11.3 Å². The summed E-state index contributed by atoms with van der Waals surface area (Å²) in [6, 6.07) is 6.72. The van der Waals surface area contributed by atoms with Gasteiger partial charge < -0.3 is 10.2 Å². The van der Waals surface area contributed by atoms with Gasteiger partial charge in [0.1, 0.15) is 11.5 Å². The zero-order valence-corrected chi connectivity index (χ0v) is 19.2. The number of anilines is 1. The van der Waals surface area contributed by atoms with Crippen molar-refractivity contribution in [1.29, 1.82) is 0 Å². The number of halogens is 2. The molecule has 0 aliphatic carbocycles. The summed E-state index contributed by atoms with van der Waals surface area (Å²) in [5, 5.41) is 14.2. The molecule has 7 heteroatoms. The highest BCUT2D eigenvalue weighted by Crippen LogP contribution is 2.33. The van der Waals surface area contributed by atoms with Crippen LogP contribution >= 0.6 is 11.6 Å². The van der Waals surface area contributed by atoms with Gasteiger partial charge in [-0.05, 0) is 31.2 Å². The van der Waals surface area contributed by atoms with Crippen molar-refractivity contribution in [3.05, 3.63) is 47.5 Å². The van der Waals surface area contributed by atoms with Crippen molar-refractivity contribution >= 4 is 28.2 Å². The van der Waals surface area contributed by atoms with Gasteiger partial charge >= 0.3 is 0 Å². The molecule has 30 heavy (non-hydrogen) atoms. The summed E-state index contributed by atoms with van der Waals surface area (Å²) in [5.74, 6) is 0.374. The molecule has 5 nitrogen and oxygen atoms in total. The van der Waals surface area contributed by atoms with Crippen molar-refractivity contribution in [2.24, 2.45) is 0 Å². The fourth-order valence-corrected chi connectivity index (χ4v) is 3.39. The van der Waals surface area contributed by atoms with Crippen LogP contribution in [0.15, 0.2) is 36.7 Å². The smallest absolute Gasteiger partial charge is 0.161 e. The molecule has 0 amide bonds. The third-order valence-electron chi connectivity index (χ3n) is 4.52. The molecule has 0 radical (unpaired) electrons. The molecular formula is C23H31ClFN5. The van der Waals surface area contributed by atoms with E-state index in [1.165, 1.54) is 12.5 Å². The number of hydrogen-bond acceptors (Lipinski definition) is 5. The quantitative estimate of drug-likeness (QED) is 0.561. The van der Waals surface area contributed by atoms with Crippen molar-refractivity contribution in [2.75, 3.05) is 24.5 Å². The molecule has 1 aliphatic heterocycles. The average Bonchev–Trinajstić information content (AvgIpc) is 2.76. The maximum Gasteiger partial charge on any atom is 0.161 e. The Balaban J connectivity index is 0.000000590. The Hall–Kier alpha value is -2.31. The van der Waals surface area contributed by atoms with E-state index in [-0.39, 0.29) is 0 Å². The number of rotatable bonds is 2. The number of hydrogen-bond donors (Lipinski definition) is 1. The van der Waals surface area contributed by atoms with Crippen LogP contribution in [0.3, 0.4) is 0 Å². The summed E-state index contributed by atoms with van der Waals surface area (Å²) in [5.41, 5.74) is 0.881. The lowest BCUT2D eigenvalue weighted by atomic mass is 10.0. The third kappa shape index (κ3) is 5.43. The molecule has 0 saturated carbocycles. The van der Waals surface area contributed by atoms with Crippen molar-refractivity contribution in [2.45, 2.75) is 47.1 Å². The normalized spacial score (nSPS) is 15.7. The minimum atomic E-state index is -0.414. The molecule has 1 aromatic carbocycles. The van der Waals surface area contributed by atoms with Crippen LogP contribution in [0.25, 0.3) is 22.0 Å². The van der Waals surface area contributed by atoms with E-state index in [1.54, 1.807) is 24.5 Å². The molecule has 0 unspecified atom stereocenters. The Bertz CT molecular complexity index is 950. The van der Waals surface area contributed by atoms with E-state index in [4.69, 9.17) is 11.6 Å². The van der Waals surface area contributed by atoms with Crippen LogP contribution in [-0.4, -0.2) is 40.9 Å². The van der Waals surface area contributed by atoms with E-state index in [0.717, 1.165) is 36.2 Å². The van der Waals surface area contributed by atoms with E-state index >= 15 is 0 Å². The highest BCUT2D eigenvalue weighted by molar-refractivity contribution is 6.30. The number of pyridine rings is 1. The molecule has 1 atom stereocenters. The van der Waals surface area contributed by atoms with E-state index in [9.17, 15) is 4.39 Å². The van der Waals surface area contributed by atoms with E-state index < -0.39 is 5.82 Å². The van der Waals surface area contributed by atoms with Gasteiger partial charge in [0.2, 0.25) is 0 Å². The van der Waals surface area contributed by atoms with Crippen molar-refractivity contribution in [3.63, 3.8) is 0 Å². The SMILES string of the molecule is CC.CCC.C[C@@H]1CNCCN1c1nnc(-c2ccc(Cl)cc2F)c2ccncc12. The number of aromatic nitrogens is 3. The monoisotopic (exact) mass is 431 g/mol. The molecule has 162 valence electrons. The van der Waals surface area contributed by atoms with Crippen LogP contribution < -0.4 is 10.2 Å². The largest absolute Gasteiger partial charge is 0.349 e. The number of fused-ring (bicyclic) bond motifs is 1. The lowest BCUT2D eigenvalue weighted by molar-refractivity contribution is 0.497. The summed E-state index contributed by atoms with van der Waals surface area (Å²) >= 11 is 5.87. The highest BCUT2D eigenvalue weighted by atomic mass is 35.5. The minimum absolute atomic E-state index is 0.296. The van der Waals surface area contributed by atoms with Crippen molar-refractivity contribution < 1.29 is 4.39 Å². The second-order valence-corrected chi connectivity index (χ2v) is 7.31. The van der Waals surface area contributed by atoms with Gasteiger partial charge in [0.25, 0.3) is 0 Å². The van der Waals surface area contributed by atoms with Crippen LogP contribution in [0.1, 0.15) is 41.0 Å². The third-order valence-corrected chi connectivity index (χ3v) is 4.76. The zero-order valence-electron chi connectivity index (χ0n) is 18.4. The van der Waals surface area contributed by atoms with Crippen molar-refractivity contribution in [1.82, 2.24) is 20.5 Å². The standard InChI is InChI=1S/C18H17ClFN5.C3H8.C2H6/c1-11-9-22-6-7-25(11)18-15-10-21-5-4-13(15)17(23-24-18)14-3-2-12(19)8-16(14)20;1-3-2;1-2/h2-5,8,10-11,22H,6-7,9H2,1H3;3H2,1-2H3;1-2H3/t11-;;/m1../s1. The molecule has 1 fully saturated rings. The van der Waals surface area contributed by atoms with Gasteiger partial charge in [0, 0.05) is 59.4 Å². The van der Waals surface area contributed by atoms with Gasteiger partial charge in [-0.3, -0.25) is 4.98 Å². The van der Waals surface area contributed by atoms with E-state index in [2.05, 4.69) is 46.2 Å². The first-order valence-electron chi connectivity index (χ1n) is 10.6. The number of nitrogens with zero attached hydrogens (tertiary/aromatic N) is 4. The first kappa shape index (κ1) is 24.0. The lowest BCUT2D eigenvalue weighted by Crippen LogP contribution is -2.50. The first-order valence-corrected chi connectivity index (χ1v) is 11.0. The van der Waals surface area contributed by atoms with Gasteiger partial charge in [-0.15, -0.1) is 10.2 Å². The summed E-state index contributed by atoms with van der Waals surface area (Å²) in [6.45, 7) is 13.0. The van der Waals surface area contributed by atoms with Crippen LogP contribution in [-0.2, 0) is 0 Å². The Morgan fingerprint density at radius 2 is 1.90 bits per heavy atom. The molecule has 3 aromatic rings. The summed E-state index contributed by atoms with van der Waals surface area (Å²) in [4.78, 5) is 6.46. The number of nitrogens with one attached hydrogen (secondary N) is 1. The second-order valence-electron chi connectivity index (χ2n) is 6.87.